The summed E-state index contributed by atoms with van der Waals surface area (Å²) >= 11 is 6.07. The van der Waals surface area contributed by atoms with E-state index in [1.165, 1.54) is 25.0 Å². The lowest BCUT2D eigenvalue weighted by Crippen LogP contribution is -2.58. The van der Waals surface area contributed by atoms with Gasteiger partial charge in [0.1, 0.15) is 5.82 Å². The Bertz CT molecular complexity index is 1010. The fourth-order valence-electron chi connectivity index (χ4n) is 4.84. The molecule has 1 N–H and O–H groups in total. The molecule has 2 aromatic rings. The Hall–Kier alpha value is -2.44. The number of nitrogens with one attached hydrogen (secondary N) is 1. The molecule has 7 heteroatoms. The van der Waals surface area contributed by atoms with Crippen LogP contribution in [-0.2, 0) is 16.1 Å². The van der Waals surface area contributed by atoms with E-state index in [2.05, 4.69) is 24.1 Å². The van der Waals surface area contributed by atoms with Crippen molar-refractivity contribution in [2.45, 2.75) is 70.6 Å². The number of benzene rings is 2. The van der Waals surface area contributed by atoms with Crippen molar-refractivity contribution in [3.63, 3.8) is 0 Å². The smallest absolute Gasteiger partial charge is 0.225 e. The van der Waals surface area contributed by atoms with E-state index < -0.39 is 0 Å². The van der Waals surface area contributed by atoms with Gasteiger partial charge in [-0.3, -0.25) is 14.5 Å². The summed E-state index contributed by atoms with van der Waals surface area (Å²) in [7, 11) is 0. The molecule has 3 atom stereocenters. The normalized spacial score (nSPS) is 21.5. The number of hydrogen-bond donors (Lipinski definition) is 1. The molecule has 1 saturated carbocycles. The van der Waals surface area contributed by atoms with Crippen LogP contribution in [0, 0.1) is 11.7 Å². The van der Waals surface area contributed by atoms with Crippen LogP contribution in [0.25, 0.3) is 0 Å². The van der Waals surface area contributed by atoms with Gasteiger partial charge in [-0.25, -0.2) is 4.39 Å². The molecule has 2 aromatic carbocycles. The van der Waals surface area contributed by atoms with Gasteiger partial charge in [0.15, 0.2) is 0 Å². The van der Waals surface area contributed by atoms with Crippen molar-refractivity contribution in [3.8, 4) is 0 Å². The van der Waals surface area contributed by atoms with E-state index in [0.29, 0.717) is 23.9 Å². The van der Waals surface area contributed by atoms with E-state index >= 15 is 0 Å². The van der Waals surface area contributed by atoms with Gasteiger partial charge < -0.3 is 10.2 Å². The Kier molecular flexibility index (Phi) is 8.45. The zero-order chi connectivity index (χ0) is 24.9. The van der Waals surface area contributed by atoms with Gasteiger partial charge in [-0.05, 0) is 61.6 Å². The Morgan fingerprint density at radius 1 is 1.03 bits per heavy atom. The second-order valence-corrected chi connectivity index (χ2v) is 10.6. The molecule has 1 aliphatic carbocycles. The van der Waals surface area contributed by atoms with Crippen LogP contribution in [0.5, 0.6) is 0 Å². The molecule has 188 valence electrons. The summed E-state index contributed by atoms with van der Waals surface area (Å²) in [6, 6.07) is 13.8. The first-order valence-corrected chi connectivity index (χ1v) is 13.0. The van der Waals surface area contributed by atoms with Gasteiger partial charge >= 0.3 is 0 Å². The number of carbonyl (C=O) groups excluding carboxylic acids is 2. The molecule has 1 saturated heterocycles. The number of carbonyl (C=O) groups is 2. The van der Waals surface area contributed by atoms with E-state index in [4.69, 9.17) is 11.6 Å². The van der Waals surface area contributed by atoms with E-state index in [9.17, 15) is 14.0 Å². The maximum absolute atomic E-state index is 13.5. The van der Waals surface area contributed by atoms with Crippen LogP contribution in [0.1, 0.15) is 63.1 Å². The molecule has 0 aromatic heterocycles. The number of hydrogen-bond acceptors (Lipinski definition) is 3. The average molecular weight is 500 g/mol. The highest BCUT2D eigenvalue weighted by atomic mass is 35.5. The third-order valence-corrected chi connectivity index (χ3v) is 7.45. The maximum atomic E-state index is 13.5. The first kappa shape index (κ1) is 25.6. The summed E-state index contributed by atoms with van der Waals surface area (Å²) in [6.45, 7) is 6.26. The van der Waals surface area contributed by atoms with Crippen molar-refractivity contribution in [1.82, 2.24) is 15.1 Å². The average Bonchev–Trinajstić information content (AvgIpc) is 3.66. The van der Waals surface area contributed by atoms with Crippen LogP contribution in [0.3, 0.4) is 0 Å². The number of rotatable bonds is 9. The molecular weight excluding hydrogens is 465 g/mol. The summed E-state index contributed by atoms with van der Waals surface area (Å²) in [4.78, 5) is 30.4. The fraction of sp³-hybridized carbons (Fsp3) is 0.500. The van der Waals surface area contributed by atoms with Crippen LogP contribution in [0.4, 0.5) is 4.39 Å². The quantitative estimate of drug-likeness (QED) is 0.507. The molecular formula is C28H35ClFN3O2. The third-order valence-electron chi connectivity index (χ3n) is 7.20. The van der Waals surface area contributed by atoms with Crippen molar-refractivity contribution in [3.05, 3.63) is 70.5 Å². The summed E-state index contributed by atoms with van der Waals surface area (Å²) < 4.78 is 13.3. The number of nitrogens with zero attached hydrogens (tertiary/aromatic N) is 2. The third kappa shape index (κ3) is 7.28. The SMILES string of the molecule is C[C@@H]1CN(C(=O)CC(NC(=O)CCC2CC2)c2ccc(Cl)cc2)[C@@H](C)CN1Cc1ccc(F)cc1. The van der Waals surface area contributed by atoms with Gasteiger partial charge in [0.25, 0.3) is 0 Å². The van der Waals surface area contributed by atoms with Crippen molar-refractivity contribution in [2.24, 2.45) is 5.92 Å². The van der Waals surface area contributed by atoms with E-state index in [-0.39, 0.29) is 42.2 Å². The van der Waals surface area contributed by atoms with E-state index in [0.717, 1.165) is 30.6 Å². The van der Waals surface area contributed by atoms with Crippen LogP contribution in [0.2, 0.25) is 5.02 Å². The predicted octanol–water partition coefficient (Wildman–Crippen LogP) is 5.34. The molecule has 0 radical (unpaired) electrons. The molecule has 2 aliphatic rings. The summed E-state index contributed by atoms with van der Waals surface area (Å²) in [5.74, 6) is 0.480. The van der Waals surface area contributed by atoms with Crippen LogP contribution in [0.15, 0.2) is 48.5 Å². The molecule has 2 fully saturated rings. The topological polar surface area (TPSA) is 52.7 Å². The van der Waals surface area contributed by atoms with Crippen LogP contribution < -0.4 is 5.32 Å². The Morgan fingerprint density at radius 2 is 1.71 bits per heavy atom. The van der Waals surface area contributed by atoms with Gasteiger partial charge in [0.2, 0.25) is 11.8 Å². The minimum absolute atomic E-state index is 0.00446. The zero-order valence-corrected chi connectivity index (χ0v) is 21.3. The lowest BCUT2D eigenvalue weighted by molar-refractivity contribution is -0.138. The Labute approximate surface area is 212 Å². The van der Waals surface area contributed by atoms with Gasteiger partial charge in [-0.2, -0.15) is 0 Å². The predicted molar refractivity (Wildman–Crippen MR) is 136 cm³/mol. The zero-order valence-electron chi connectivity index (χ0n) is 20.6. The fourth-order valence-corrected chi connectivity index (χ4v) is 4.96. The molecule has 4 rings (SSSR count). The Morgan fingerprint density at radius 3 is 2.37 bits per heavy atom. The van der Waals surface area contributed by atoms with Crippen LogP contribution >= 0.6 is 11.6 Å². The number of piperazine rings is 1. The molecule has 1 heterocycles. The number of halogens is 2. The standard InChI is InChI=1S/C28H35ClFN3O2/c1-19-17-33(20(2)16-32(19)18-22-5-12-25(30)13-6-22)28(35)15-26(23-8-10-24(29)11-9-23)31-27(34)14-7-21-3-4-21/h5-6,8-13,19-21,26H,3-4,7,14-18H2,1-2H3,(H,31,34)/t19-,20+,26?/m1/s1. The second-order valence-electron chi connectivity index (χ2n) is 10.2. The highest BCUT2D eigenvalue weighted by Gasteiger charge is 2.33. The molecule has 1 unspecified atom stereocenters. The molecule has 0 spiro atoms. The summed E-state index contributed by atoms with van der Waals surface area (Å²) in [6.07, 6.45) is 4.06. The van der Waals surface area contributed by atoms with Gasteiger partial charge in [0, 0.05) is 43.2 Å². The highest BCUT2D eigenvalue weighted by molar-refractivity contribution is 6.30. The van der Waals surface area contributed by atoms with E-state index in [1.807, 2.05) is 29.2 Å². The van der Waals surface area contributed by atoms with Crippen LogP contribution in [-0.4, -0.2) is 46.8 Å². The molecule has 5 nitrogen and oxygen atoms in total. The van der Waals surface area contributed by atoms with Crippen molar-refractivity contribution >= 4 is 23.4 Å². The summed E-state index contributed by atoms with van der Waals surface area (Å²) in [5.41, 5.74) is 1.94. The maximum Gasteiger partial charge on any atom is 0.225 e. The van der Waals surface area contributed by atoms with Gasteiger partial charge in [-0.1, -0.05) is 48.7 Å². The second kappa shape index (κ2) is 11.5. The van der Waals surface area contributed by atoms with Crippen molar-refractivity contribution in [1.29, 1.82) is 0 Å². The lowest BCUT2D eigenvalue weighted by Gasteiger charge is -2.44. The molecule has 35 heavy (non-hydrogen) atoms. The van der Waals surface area contributed by atoms with Crippen molar-refractivity contribution < 1.29 is 14.0 Å². The van der Waals surface area contributed by atoms with E-state index in [1.54, 1.807) is 12.1 Å². The first-order valence-electron chi connectivity index (χ1n) is 12.6. The lowest BCUT2D eigenvalue weighted by atomic mass is 10.0. The van der Waals surface area contributed by atoms with Crippen molar-refractivity contribution in [2.75, 3.05) is 13.1 Å². The minimum Gasteiger partial charge on any atom is -0.349 e. The number of amides is 2. The minimum atomic E-state index is -0.383. The van der Waals surface area contributed by atoms with Gasteiger partial charge in [0.05, 0.1) is 12.5 Å². The largest absolute Gasteiger partial charge is 0.349 e. The summed E-state index contributed by atoms with van der Waals surface area (Å²) in [5, 5.41) is 3.73. The highest BCUT2D eigenvalue weighted by Crippen LogP contribution is 2.33. The molecule has 2 amide bonds. The monoisotopic (exact) mass is 499 g/mol. The van der Waals surface area contributed by atoms with Gasteiger partial charge in [-0.15, -0.1) is 0 Å². The first-order chi connectivity index (χ1) is 16.8. The Balaban J connectivity index is 1.39. The molecule has 0 bridgehead atoms. The molecule has 1 aliphatic heterocycles.